The van der Waals surface area contributed by atoms with Crippen molar-refractivity contribution in [2.24, 2.45) is 0 Å². The third-order valence-corrected chi connectivity index (χ3v) is 3.92. The average Bonchev–Trinajstić information content (AvgIpc) is 3.08. The van der Waals surface area contributed by atoms with E-state index >= 15 is 0 Å². The quantitative estimate of drug-likeness (QED) is 0.900. The SMILES string of the molecule is Cc1nc(C2CN(C(=O)C(C)Oc3ccc(C#N)cc3)CCO2)n[nH]1. The number of nitrogens with one attached hydrogen (secondary N) is 1. The number of nitrogens with zero attached hydrogens (tertiary/aromatic N) is 4. The van der Waals surface area contributed by atoms with E-state index in [0.717, 1.165) is 0 Å². The Kier molecular flexibility index (Phi) is 4.95. The van der Waals surface area contributed by atoms with Crippen LogP contribution < -0.4 is 4.74 Å². The summed E-state index contributed by atoms with van der Waals surface area (Å²) in [6.07, 6.45) is -0.981. The first-order chi connectivity index (χ1) is 12.1. The Morgan fingerprint density at radius 2 is 2.24 bits per heavy atom. The molecule has 25 heavy (non-hydrogen) atoms. The fourth-order valence-corrected chi connectivity index (χ4v) is 2.63. The molecule has 1 aromatic heterocycles. The number of carbonyl (C=O) groups excluding carboxylic acids is 1. The lowest BCUT2D eigenvalue weighted by atomic mass is 10.2. The zero-order valence-corrected chi connectivity index (χ0v) is 14.1. The fraction of sp³-hybridized carbons (Fsp3) is 0.412. The maximum absolute atomic E-state index is 12.7. The van der Waals surface area contributed by atoms with E-state index in [0.29, 0.717) is 42.7 Å². The smallest absolute Gasteiger partial charge is 0.263 e. The summed E-state index contributed by atoms with van der Waals surface area (Å²) in [5.41, 5.74) is 0.546. The molecule has 1 N–H and O–H groups in total. The van der Waals surface area contributed by atoms with Gasteiger partial charge in [0.2, 0.25) is 0 Å². The van der Waals surface area contributed by atoms with Gasteiger partial charge in [0.05, 0.1) is 24.8 Å². The minimum Gasteiger partial charge on any atom is -0.481 e. The number of H-pyrrole nitrogens is 1. The van der Waals surface area contributed by atoms with Crippen LogP contribution in [0.4, 0.5) is 0 Å². The van der Waals surface area contributed by atoms with Crippen molar-refractivity contribution in [3.05, 3.63) is 41.5 Å². The molecule has 0 radical (unpaired) electrons. The molecule has 8 nitrogen and oxygen atoms in total. The van der Waals surface area contributed by atoms with Crippen molar-refractivity contribution in [3.63, 3.8) is 0 Å². The van der Waals surface area contributed by atoms with Gasteiger partial charge < -0.3 is 14.4 Å². The van der Waals surface area contributed by atoms with Crippen LogP contribution in [0.1, 0.15) is 30.2 Å². The zero-order chi connectivity index (χ0) is 17.8. The number of hydrogen-bond donors (Lipinski definition) is 1. The number of benzene rings is 1. The molecule has 3 rings (SSSR count). The van der Waals surface area contributed by atoms with Gasteiger partial charge in [0, 0.05) is 6.54 Å². The summed E-state index contributed by atoms with van der Waals surface area (Å²) in [5.74, 6) is 1.69. The molecule has 1 aliphatic heterocycles. The molecule has 0 spiro atoms. The first kappa shape index (κ1) is 16.9. The summed E-state index contributed by atoms with van der Waals surface area (Å²) in [6.45, 7) is 4.84. The van der Waals surface area contributed by atoms with Crippen molar-refractivity contribution in [1.82, 2.24) is 20.1 Å². The molecular weight excluding hydrogens is 322 g/mol. The Morgan fingerprint density at radius 3 is 2.88 bits per heavy atom. The summed E-state index contributed by atoms with van der Waals surface area (Å²) in [7, 11) is 0. The van der Waals surface area contributed by atoms with Gasteiger partial charge in [-0.25, -0.2) is 4.98 Å². The number of morpholine rings is 1. The fourth-order valence-electron chi connectivity index (χ4n) is 2.63. The van der Waals surface area contributed by atoms with Crippen LogP contribution in [-0.4, -0.2) is 51.8 Å². The second kappa shape index (κ2) is 7.32. The standard InChI is InChI=1S/C17H19N5O3/c1-11(25-14-5-3-13(9-18)4-6-14)17(23)22-7-8-24-15(10-22)16-19-12(2)20-21-16/h3-6,11,15H,7-8,10H2,1-2H3,(H,19,20,21). The lowest BCUT2D eigenvalue weighted by molar-refractivity contribution is -0.146. The summed E-state index contributed by atoms with van der Waals surface area (Å²) in [6, 6.07) is 8.72. The van der Waals surface area contributed by atoms with Crippen LogP contribution in [0.5, 0.6) is 5.75 Å². The number of hydrogen-bond acceptors (Lipinski definition) is 6. The number of rotatable bonds is 4. The van der Waals surface area contributed by atoms with Crippen molar-refractivity contribution in [3.8, 4) is 11.8 Å². The lowest BCUT2D eigenvalue weighted by Crippen LogP contribution is -2.47. The molecule has 1 aliphatic rings. The van der Waals surface area contributed by atoms with Gasteiger partial charge in [-0.05, 0) is 38.1 Å². The Hall–Kier alpha value is -2.92. The van der Waals surface area contributed by atoms with Crippen LogP contribution in [-0.2, 0) is 9.53 Å². The normalized spacial score (nSPS) is 18.4. The minimum absolute atomic E-state index is 0.120. The van der Waals surface area contributed by atoms with Gasteiger partial charge in [0.25, 0.3) is 5.91 Å². The maximum atomic E-state index is 12.7. The van der Waals surface area contributed by atoms with Crippen molar-refractivity contribution in [2.75, 3.05) is 19.7 Å². The molecule has 1 fully saturated rings. The summed E-state index contributed by atoms with van der Waals surface area (Å²) in [4.78, 5) is 18.6. The summed E-state index contributed by atoms with van der Waals surface area (Å²) < 4.78 is 11.4. The lowest BCUT2D eigenvalue weighted by Gasteiger charge is -2.33. The topological polar surface area (TPSA) is 104 Å². The first-order valence-corrected chi connectivity index (χ1v) is 8.03. The first-order valence-electron chi connectivity index (χ1n) is 8.03. The Balaban J connectivity index is 1.61. The van der Waals surface area contributed by atoms with Gasteiger partial charge >= 0.3 is 0 Å². The van der Waals surface area contributed by atoms with E-state index in [2.05, 4.69) is 15.2 Å². The van der Waals surface area contributed by atoms with Crippen molar-refractivity contribution in [1.29, 1.82) is 5.26 Å². The van der Waals surface area contributed by atoms with E-state index in [1.807, 2.05) is 13.0 Å². The number of aromatic amines is 1. The van der Waals surface area contributed by atoms with Crippen LogP contribution in [0.3, 0.4) is 0 Å². The van der Waals surface area contributed by atoms with E-state index in [-0.39, 0.29) is 12.0 Å². The van der Waals surface area contributed by atoms with Crippen LogP contribution >= 0.6 is 0 Å². The number of nitriles is 1. The second-order valence-corrected chi connectivity index (χ2v) is 5.82. The highest BCUT2D eigenvalue weighted by Gasteiger charge is 2.30. The predicted octanol–water partition coefficient (Wildman–Crippen LogP) is 1.35. The second-order valence-electron chi connectivity index (χ2n) is 5.82. The molecule has 2 atom stereocenters. The zero-order valence-electron chi connectivity index (χ0n) is 14.1. The number of aryl methyl sites for hydroxylation is 1. The Morgan fingerprint density at radius 1 is 1.48 bits per heavy atom. The van der Waals surface area contributed by atoms with E-state index in [9.17, 15) is 4.79 Å². The number of carbonyl (C=O) groups is 1. The molecule has 130 valence electrons. The molecule has 1 saturated heterocycles. The Labute approximate surface area is 145 Å². The highest BCUT2D eigenvalue weighted by molar-refractivity contribution is 5.81. The summed E-state index contributed by atoms with van der Waals surface area (Å²) >= 11 is 0. The van der Waals surface area contributed by atoms with Gasteiger partial charge in [-0.15, -0.1) is 0 Å². The molecule has 2 heterocycles. The van der Waals surface area contributed by atoms with Crippen molar-refractivity contribution >= 4 is 5.91 Å². The number of ether oxygens (including phenoxy) is 2. The highest BCUT2D eigenvalue weighted by atomic mass is 16.5. The van der Waals surface area contributed by atoms with E-state index < -0.39 is 6.10 Å². The Bertz CT molecular complexity index is 780. The van der Waals surface area contributed by atoms with Crippen LogP contribution in [0.2, 0.25) is 0 Å². The van der Waals surface area contributed by atoms with Gasteiger partial charge in [0.15, 0.2) is 11.9 Å². The van der Waals surface area contributed by atoms with E-state index in [4.69, 9.17) is 14.7 Å². The molecule has 1 amide bonds. The number of amides is 1. The van der Waals surface area contributed by atoms with Gasteiger partial charge in [-0.3, -0.25) is 9.89 Å². The van der Waals surface area contributed by atoms with Crippen LogP contribution in [0.15, 0.2) is 24.3 Å². The number of aromatic nitrogens is 3. The molecule has 0 saturated carbocycles. The van der Waals surface area contributed by atoms with Gasteiger partial charge in [-0.1, -0.05) is 0 Å². The molecule has 8 heteroatoms. The van der Waals surface area contributed by atoms with Crippen LogP contribution in [0, 0.1) is 18.3 Å². The summed E-state index contributed by atoms with van der Waals surface area (Å²) in [5, 5.41) is 15.7. The van der Waals surface area contributed by atoms with Crippen LogP contribution in [0.25, 0.3) is 0 Å². The largest absolute Gasteiger partial charge is 0.481 e. The maximum Gasteiger partial charge on any atom is 0.263 e. The third-order valence-electron chi connectivity index (χ3n) is 3.92. The molecule has 0 bridgehead atoms. The minimum atomic E-state index is -0.638. The highest BCUT2D eigenvalue weighted by Crippen LogP contribution is 2.21. The predicted molar refractivity (Wildman–Crippen MR) is 87.6 cm³/mol. The molecule has 1 aromatic carbocycles. The molecule has 2 aromatic rings. The molecule has 0 aliphatic carbocycles. The average molecular weight is 341 g/mol. The monoisotopic (exact) mass is 341 g/mol. The van der Waals surface area contributed by atoms with Gasteiger partial charge in [-0.2, -0.15) is 10.4 Å². The van der Waals surface area contributed by atoms with E-state index in [1.54, 1.807) is 36.1 Å². The van der Waals surface area contributed by atoms with Crippen molar-refractivity contribution in [2.45, 2.75) is 26.1 Å². The van der Waals surface area contributed by atoms with Gasteiger partial charge in [0.1, 0.15) is 17.7 Å². The van der Waals surface area contributed by atoms with E-state index in [1.165, 1.54) is 0 Å². The third kappa shape index (κ3) is 3.95. The molecular formula is C17H19N5O3. The van der Waals surface area contributed by atoms with Crippen molar-refractivity contribution < 1.29 is 14.3 Å². The molecule has 2 unspecified atom stereocenters.